The molecule has 5 rings (SSSR count). The molecule has 0 unspecified atom stereocenters. The lowest BCUT2D eigenvalue weighted by molar-refractivity contribution is -0.230. The van der Waals surface area contributed by atoms with Crippen LogP contribution in [0.2, 0.25) is 0 Å². The molecule has 2 aromatic heterocycles. The summed E-state index contributed by atoms with van der Waals surface area (Å²) in [4.78, 5) is 55.1. The fourth-order valence-corrected chi connectivity index (χ4v) is 5.99. The number of hydroxylamine groups is 2. The molecule has 3 heterocycles. The molecular weight excluding hydrogens is 691 g/mol. The smallest absolute Gasteiger partial charge is 0.381 e. The number of aryl methyl sites for hydroxylation is 1. The third-order valence-corrected chi connectivity index (χ3v) is 8.90. The highest BCUT2D eigenvalue weighted by Crippen LogP contribution is 2.32. The van der Waals surface area contributed by atoms with Gasteiger partial charge < -0.3 is 19.8 Å². The topological polar surface area (TPSA) is 119 Å². The number of nitrogens with zero attached hydrogens (tertiary/aromatic N) is 5. The van der Waals surface area contributed by atoms with Crippen LogP contribution in [0.25, 0.3) is 28.0 Å². The first kappa shape index (κ1) is 38.3. The maximum atomic E-state index is 15.2. The van der Waals surface area contributed by atoms with Gasteiger partial charge in [-0.2, -0.15) is 23.2 Å². The second kappa shape index (κ2) is 16.6. The van der Waals surface area contributed by atoms with Crippen LogP contribution in [-0.4, -0.2) is 88.5 Å². The van der Waals surface area contributed by atoms with E-state index in [1.807, 2.05) is 13.8 Å². The maximum absolute atomic E-state index is 15.2. The number of ether oxygens (including phenoxy) is 1. The summed E-state index contributed by atoms with van der Waals surface area (Å²) in [5.74, 6) is -5.84. The number of aromatic nitrogens is 3. The molecule has 0 radical (unpaired) electrons. The number of para-hydroxylation sites is 1. The molecule has 0 saturated carbocycles. The molecule has 52 heavy (non-hydrogen) atoms. The van der Waals surface area contributed by atoms with Crippen molar-refractivity contribution in [1.82, 2.24) is 24.5 Å². The van der Waals surface area contributed by atoms with Gasteiger partial charge in [0.1, 0.15) is 17.3 Å². The molecular formula is C36H39F5N6O5. The van der Waals surface area contributed by atoms with Gasteiger partial charge in [0.15, 0.2) is 5.65 Å². The van der Waals surface area contributed by atoms with Crippen molar-refractivity contribution >= 4 is 28.9 Å². The highest BCUT2D eigenvalue weighted by atomic mass is 19.4. The molecule has 0 aliphatic carbocycles. The van der Waals surface area contributed by atoms with Gasteiger partial charge in [-0.05, 0) is 87.6 Å². The molecule has 1 N–H and O–H groups in total. The zero-order valence-corrected chi connectivity index (χ0v) is 28.9. The Morgan fingerprint density at radius 2 is 1.71 bits per heavy atom. The van der Waals surface area contributed by atoms with Crippen molar-refractivity contribution in [3.05, 3.63) is 81.6 Å². The Hall–Kier alpha value is -4.96. The number of pyridine rings is 1. The molecule has 11 nitrogen and oxygen atoms in total. The van der Waals surface area contributed by atoms with Gasteiger partial charge in [-0.3, -0.25) is 14.2 Å². The van der Waals surface area contributed by atoms with E-state index in [0.717, 1.165) is 48.5 Å². The number of hydrogen-bond donors (Lipinski definition) is 1. The number of anilines is 1. The number of amides is 1. The summed E-state index contributed by atoms with van der Waals surface area (Å²) in [5, 5.41) is 3.74. The maximum Gasteiger partial charge on any atom is 0.493 e. The van der Waals surface area contributed by atoms with Crippen molar-refractivity contribution in [2.45, 2.75) is 46.2 Å². The van der Waals surface area contributed by atoms with E-state index >= 15 is 8.78 Å². The average molecular weight is 731 g/mol. The molecule has 1 aliphatic rings. The van der Waals surface area contributed by atoms with Crippen LogP contribution in [-0.2, 0) is 14.4 Å². The van der Waals surface area contributed by atoms with E-state index in [9.17, 15) is 27.6 Å². The average Bonchev–Trinajstić information content (AvgIpc) is 3.11. The van der Waals surface area contributed by atoms with Crippen LogP contribution in [0.5, 0.6) is 0 Å². The van der Waals surface area contributed by atoms with Gasteiger partial charge in [-0.25, -0.2) is 18.6 Å². The molecule has 1 aliphatic heterocycles. The van der Waals surface area contributed by atoms with Gasteiger partial charge in [0.25, 0.3) is 11.5 Å². The monoisotopic (exact) mass is 730 g/mol. The molecule has 1 fully saturated rings. The van der Waals surface area contributed by atoms with E-state index in [1.54, 1.807) is 13.0 Å². The first-order valence-corrected chi connectivity index (χ1v) is 17.0. The number of benzene rings is 2. The zero-order chi connectivity index (χ0) is 37.6. The summed E-state index contributed by atoms with van der Waals surface area (Å²) in [6, 6.07) is 9.97. The van der Waals surface area contributed by atoms with Crippen molar-refractivity contribution < 1.29 is 41.1 Å². The van der Waals surface area contributed by atoms with Gasteiger partial charge in [-0.15, -0.1) is 0 Å². The van der Waals surface area contributed by atoms with Gasteiger partial charge in [0.2, 0.25) is 5.95 Å². The van der Waals surface area contributed by atoms with E-state index in [4.69, 9.17) is 9.72 Å². The molecule has 1 amide bonds. The molecule has 1 saturated heterocycles. The van der Waals surface area contributed by atoms with Gasteiger partial charge in [0, 0.05) is 42.3 Å². The Morgan fingerprint density at radius 1 is 1.02 bits per heavy atom. The number of halogens is 5. The molecule has 2 aromatic carbocycles. The highest BCUT2D eigenvalue weighted by Gasteiger charge is 2.44. The second-order valence-corrected chi connectivity index (χ2v) is 12.3. The fraction of sp³-hybridized carbons (Fsp3) is 0.417. The lowest BCUT2D eigenvalue weighted by Crippen LogP contribution is -2.42. The summed E-state index contributed by atoms with van der Waals surface area (Å²) in [6.07, 6.45) is -3.79. The van der Waals surface area contributed by atoms with Crippen LogP contribution in [0.3, 0.4) is 0 Å². The van der Waals surface area contributed by atoms with E-state index in [-0.39, 0.29) is 40.7 Å². The number of carbonyl (C=O) groups is 2. The normalized spacial score (nSPS) is 13.8. The number of hydrogen-bond acceptors (Lipinski definition) is 9. The Kier molecular flexibility index (Phi) is 12.2. The molecule has 16 heteroatoms. The Labute approximate surface area is 296 Å². The molecule has 0 spiro atoms. The Balaban J connectivity index is 1.63. The van der Waals surface area contributed by atoms with Crippen LogP contribution in [0.4, 0.5) is 27.9 Å². The van der Waals surface area contributed by atoms with E-state index in [1.165, 1.54) is 18.2 Å². The first-order valence-electron chi connectivity index (χ1n) is 17.0. The van der Waals surface area contributed by atoms with Crippen molar-refractivity contribution in [3.8, 4) is 16.9 Å². The minimum Gasteiger partial charge on any atom is -0.381 e. The molecule has 0 atom stereocenters. The van der Waals surface area contributed by atoms with Crippen molar-refractivity contribution in [2.75, 3.05) is 51.3 Å². The number of rotatable bonds is 12. The summed E-state index contributed by atoms with van der Waals surface area (Å²) >= 11 is 0. The summed E-state index contributed by atoms with van der Waals surface area (Å²) in [5.41, 5.74) is -0.660. The van der Waals surface area contributed by atoms with Crippen molar-refractivity contribution in [1.29, 1.82) is 0 Å². The number of alkyl halides is 3. The minimum atomic E-state index is -5.35. The van der Waals surface area contributed by atoms with Crippen molar-refractivity contribution in [3.63, 3.8) is 0 Å². The van der Waals surface area contributed by atoms with E-state index in [2.05, 4.69) is 20.0 Å². The SMILES string of the molecule is CCN(CC)CCCNc1nc(-c2cc(C(=O)N(CC3CCOCC3)OC(=O)C(F)(F)F)ccc2C)c2ccc(=O)n(-c3c(F)cccc3F)c2n1. The fourth-order valence-electron chi connectivity index (χ4n) is 5.99. The third kappa shape index (κ3) is 8.73. The molecule has 4 aromatic rings. The summed E-state index contributed by atoms with van der Waals surface area (Å²) in [6.45, 7) is 9.02. The van der Waals surface area contributed by atoms with Crippen molar-refractivity contribution in [2.24, 2.45) is 5.92 Å². The standard InChI is InChI=1S/C36H39F5N6O5/c1-4-45(5-2)17-7-16-42-35-43-30(25-12-13-29(48)47(32(25)44-35)31-27(37)8-6-9-28(31)38)26-20-24(11-10-22(26)3)33(49)46(52-34(50)36(39,40)41)21-23-14-18-51-19-15-23/h6,8-13,20,23H,4-5,7,14-19,21H2,1-3H3,(H,42,43,44). The van der Waals surface area contributed by atoms with Crippen LogP contribution >= 0.6 is 0 Å². The predicted octanol–water partition coefficient (Wildman–Crippen LogP) is 6.07. The van der Waals surface area contributed by atoms with Gasteiger partial charge in [0.05, 0.1) is 12.2 Å². The molecule has 0 bridgehead atoms. The van der Waals surface area contributed by atoms with Crippen LogP contribution in [0.15, 0.2) is 53.3 Å². The number of carbonyl (C=O) groups excluding carboxylic acids is 2. The zero-order valence-electron chi connectivity index (χ0n) is 28.9. The van der Waals surface area contributed by atoms with Crippen LogP contribution in [0, 0.1) is 24.5 Å². The Morgan fingerprint density at radius 3 is 2.37 bits per heavy atom. The number of fused-ring (bicyclic) bond motifs is 1. The first-order chi connectivity index (χ1) is 24.8. The second-order valence-electron chi connectivity index (χ2n) is 12.3. The Bertz CT molecular complexity index is 1960. The number of nitrogens with one attached hydrogen (secondary N) is 1. The summed E-state index contributed by atoms with van der Waals surface area (Å²) in [7, 11) is 0. The van der Waals surface area contributed by atoms with Crippen LogP contribution in [0.1, 0.15) is 49.0 Å². The lowest BCUT2D eigenvalue weighted by atomic mass is 9.98. The third-order valence-electron chi connectivity index (χ3n) is 8.90. The van der Waals surface area contributed by atoms with Gasteiger partial charge in [-0.1, -0.05) is 26.0 Å². The van der Waals surface area contributed by atoms with Gasteiger partial charge >= 0.3 is 12.1 Å². The minimum absolute atomic E-state index is 0.0227. The summed E-state index contributed by atoms with van der Waals surface area (Å²) < 4.78 is 76.3. The highest BCUT2D eigenvalue weighted by molar-refractivity contribution is 5.98. The molecule has 278 valence electrons. The van der Waals surface area contributed by atoms with Crippen LogP contribution < -0.4 is 10.9 Å². The van der Waals surface area contributed by atoms with E-state index < -0.39 is 40.9 Å². The largest absolute Gasteiger partial charge is 0.493 e. The van der Waals surface area contributed by atoms with E-state index in [0.29, 0.717) is 55.2 Å². The quantitative estimate of drug-likeness (QED) is 0.105. The predicted molar refractivity (Wildman–Crippen MR) is 183 cm³/mol. The lowest BCUT2D eigenvalue weighted by Gasteiger charge is -2.28.